The summed E-state index contributed by atoms with van der Waals surface area (Å²) in [4.78, 5) is 47.5. The Labute approximate surface area is 339 Å². The molecule has 4 heterocycles. The number of carbonyl (C=O) groups is 2. The Morgan fingerprint density at radius 2 is 1.07 bits per heavy atom. The molecule has 2 N–H and O–H groups in total. The predicted octanol–water partition coefficient (Wildman–Crippen LogP) is 6.74. The van der Waals surface area contributed by atoms with Crippen LogP contribution in [0, 0.1) is 5.82 Å². The largest absolute Gasteiger partial charge is 0.496 e. The average molecular weight is 809 g/mol. The van der Waals surface area contributed by atoms with Crippen molar-refractivity contribution in [3.63, 3.8) is 0 Å². The molecule has 14 nitrogen and oxygen atoms in total. The molecule has 2 saturated heterocycles. The molecule has 0 aliphatic carbocycles. The van der Waals surface area contributed by atoms with E-state index in [4.69, 9.17) is 30.5 Å². The molecule has 0 unspecified atom stereocenters. The summed E-state index contributed by atoms with van der Waals surface area (Å²) in [6.45, 7) is 2.31. The van der Waals surface area contributed by atoms with Crippen LogP contribution in [0.1, 0.15) is 33.6 Å². The van der Waals surface area contributed by atoms with E-state index in [0.29, 0.717) is 88.0 Å². The molecule has 4 aromatic carbocycles. The Kier molecular flexibility index (Phi) is 12.2. The van der Waals surface area contributed by atoms with Crippen LogP contribution in [-0.2, 0) is 0 Å². The monoisotopic (exact) mass is 808 g/mol. The number of halogens is 2. The van der Waals surface area contributed by atoms with E-state index in [-0.39, 0.29) is 29.7 Å². The van der Waals surface area contributed by atoms with Gasteiger partial charge < -0.3 is 39.4 Å². The zero-order valence-corrected chi connectivity index (χ0v) is 33.1. The number of nitrogens with one attached hydrogen (secondary N) is 2. The van der Waals surface area contributed by atoms with Crippen LogP contribution >= 0.6 is 11.6 Å². The zero-order chi connectivity index (χ0) is 40.8. The fourth-order valence-electron chi connectivity index (χ4n) is 7.09. The van der Waals surface area contributed by atoms with Gasteiger partial charge in [-0.15, -0.1) is 0 Å². The first kappa shape index (κ1) is 39.7. The lowest BCUT2D eigenvalue weighted by atomic mass is 10.1. The number of anilines is 2. The lowest BCUT2D eigenvalue weighted by Gasteiger charge is -2.20. The Morgan fingerprint density at radius 1 is 0.638 bits per heavy atom. The lowest BCUT2D eigenvalue weighted by Crippen LogP contribution is -2.32. The minimum absolute atomic E-state index is 0.0341. The standard InChI is InChI=1S/C21H21ClN4O3.C21H21FN4O3/c2*1-28-17-4-3-5-18(29-2)20(17)21(27)26-9-8-14(12-26)24-19-11-23-16-10-13(22)6-7-15(16)25-19/h2*3-7,10-11,14H,8-9,12H2,1-2H3,(H,24,25)/t2*14-/m11/s1. The van der Waals surface area contributed by atoms with Crippen LogP contribution < -0.4 is 29.6 Å². The third-order valence-electron chi connectivity index (χ3n) is 9.95. The van der Waals surface area contributed by atoms with Crippen molar-refractivity contribution in [2.75, 3.05) is 65.3 Å². The molecule has 2 atom stereocenters. The van der Waals surface area contributed by atoms with Crippen LogP contribution in [0.2, 0.25) is 5.02 Å². The highest BCUT2D eigenvalue weighted by atomic mass is 35.5. The number of hydrogen-bond acceptors (Lipinski definition) is 12. The summed E-state index contributed by atoms with van der Waals surface area (Å²) >= 11 is 6.00. The summed E-state index contributed by atoms with van der Waals surface area (Å²) < 4.78 is 34.7. The summed E-state index contributed by atoms with van der Waals surface area (Å²) in [6.07, 6.45) is 4.85. The first-order valence-electron chi connectivity index (χ1n) is 18.6. The Morgan fingerprint density at radius 3 is 1.52 bits per heavy atom. The van der Waals surface area contributed by atoms with Crippen LogP contribution in [0.15, 0.2) is 85.2 Å². The van der Waals surface area contributed by atoms with Crippen LogP contribution in [0.25, 0.3) is 22.1 Å². The number of methoxy groups -OCH3 is 4. The Balaban J connectivity index is 0.000000177. The molecule has 2 aliphatic rings. The number of ether oxygens (including phenoxy) is 4. The highest BCUT2D eigenvalue weighted by Gasteiger charge is 2.32. The number of hydrogen-bond donors (Lipinski definition) is 2. The van der Waals surface area contributed by atoms with Crippen LogP contribution in [0.4, 0.5) is 16.0 Å². The predicted molar refractivity (Wildman–Crippen MR) is 219 cm³/mol. The maximum Gasteiger partial charge on any atom is 0.261 e. The van der Waals surface area contributed by atoms with Gasteiger partial charge in [-0.25, -0.2) is 14.4 Å². The van der Waals surface area contributed by atoms with Gasteiger partial charge in [-0.3, -0.25) is 19.6 Å². The Hall–Kier alpha value is -6.48. The average Bonchev–Trinajstić information content (AvgIpc) is 3.93. The quantitative estimate of drug-likeness (QED) is 0.151. The van der Waals surface area contributed by atoms with Gasteiger partial charge >= 0.3 is 0 Å². The van der Waals surface area contributed by atoms with E-state index >= 15 is 0 Å². The highest BCUT2D eigenvalue weighted by Crippen LogP contribution is 2.32. The van der Waals surface area contributed by atoms with E-state index in [0.717, 1.165) is 23.9 Å². The van der Waals surface area contributed by atoms with E-state index < -0.39 is 0 Å². The van der Waals surface area contributed by atoms with Crippen LogP contribution in [0.3, 0.4) is 0 Å². The van der Waals surface area contributed by atoms with E-state index in [1.807, 2.05) is 6.07 Å². The minimum atomic E-state index is -0.343. The molecule has 2 aromatic heterocycles. The first-order valence-corrected chi connectivity index (χ1v) is 18.9. The number of rotatable bonds is 10. The van der Waals surface area contributed by atoms with Crippen molar-refractivity contribution in [1.82, 2.24) is 29.7 Å². The maximum absolute atomic E-state index is 13.3. The van der Waals surface area contributed by atoms with E-state index in [1.165, 1.54) is 26.4 Å². The maximum atomic E-state index is 13.3. The molecule has 2 fully saturated rings. The van der Waals surface area contributed by atoms with Gasteiger partial charge in [0, 0.05) is 49.4 Å². The summed E-state index contributed by atoms with van der Waals surface area (Å²) in [5, 5.41) is 7.32. The van der Waals surface area contributed by atoms with E-state index in [9.17, 15) is 14.0 Å². The summed E-state index contributed by atoms with van der Waals surface area (Å²) in [5.74, 6) is 2.66. The van der Waals surface area contributed by atoms with Crippen LogP contribution in [0.5, 0.6) is 23.0 Å². The Bertz CT molecular complexity index is 2240. The molecule has 16 heteroatoms. The van der Waals surface area contributed by atoms with Crippen molar-refractivity contribution >= 4 is 57.1 Å². The van der Waals surface area contributed by atoms with Gasteiger partial charge in [0.15, 0.2) is 0 Å². The van der Waals surface area contributed by atoms with Crippen molar-refractivity contribution in [2.45, 2.75) is 24.9 Å². The molecule has 0 radical (unpaired) electrons. The molecule has 2 amide bonds. The molecule has 0 spiro atoms. The highest BCUT2D eigenvalue weighted by molar-refractivity contribution is 6.31. The molecular formula is C42H42ClFN8O6. The zero-order valence-electron chi connectivity index (χ0n) is 32.4. The second-order valence-electron chi connectivity index (χ2n) is 13.6. The van der Waals surface area contributed by atoms with Gasteiger partial charge in [0.25, 0.3) is 11.8 Å². The number of carbonyl (C=O) groups excluding carboxylic acids is 2. The fraction of sp³-hybridized carbons (Fsp3) is 0.286. The van der Waals surface area contributed by atoms with E-state index in [1.54, 1.807) is 91.0 Å². The third-order valence-corrected chi connectivity index (χ3v) is 10.2. The van der Waals surface area contributed by atoms with Crippen molar-refractivity contribution < 1.29 is 32.9 Å². The van der Waals surface area contributed by atoms with Crippen molar-refractivity contribution in [3.8, 4) is 23.0 Å². The first-order chi connectivity index (χ1) is 28.2. The lowest BCUT2D eigenvalue weighted by molar-refractivity contribution is 0.0776. The third kappa shape index (κ3) is 8.74. The number of nitrogens with zero attached hydrogens (tertiary/aromatic N) is 6. The van der Waals surface area contributed by atoms with Crippen LogP contribution in [-0.4, -0.2) is 108 Å². The molecule has 58 heavy (non-hydrogen) atoms. The molecular weight excluding hydrogens is 767 g/mol. The number of aromatic nitrogens is 4. The SMILES string of the molecule is COc1cccc(OC)c1C(=O)N1CC[C@@H](Nc2cnc3cc(Cl)ccc3n2)C1.COc1cccc(OC)c1C(=O)N1CC[C@@H](Nc2cnc3cc(F)ccc3n2)C1. The number of benzene rings is 4. The molecule has 0 saturated carbocycles. The summed E-state index contributed by atoms with van der Waals surface area (Å²) in [7, 11) is 6.16. The molecule has 300 valence electrons. The van der Waals surface area contributed by atoms with Gasteiger partial charge in [-0.05, 0) is 67.4 Å². The number of fused-ring (bicyclic) bond motifs is 2. The fourth-order valence-corrected chi connectivity index (χ4v) is 7.26. The molecule has 0 bridgehead atoms. The van der Waals surface area contributed by atoms with Gasteiger partial charge in [0.2, 0.25) is 0 Å². The summed E-state index contributed by atoms with van der Waals surface area (Å²) in [6, 6.07) is 20.4. The van der Waals surface area contributed by atoms with Crippen molar-refractivity contribution in [2.24, 2.45) is 0 Å². The van der Waals surface area contributed by atoms with Gasteiger partial charge in [-0.2, -0.15) is 0 Å². The smallest absolute Gasteiger partial charge is 0.261 e. The normalized spacial score (nSPS) is 16.1. The van der Waals surface area contributed by atoms with Crippen molar-refractivity contribution in [1.29, 1.82) is 0 Å². The summed E-state index contributed by atoms with van der Waals surface area (Å²) in [5.41, 5.74) is 3.49. The van der Waals surface area contributed by atoms with Gasteiger partial charge in [0.1, 0.15) is 51.6 Å². The molecule has 8 rings (SSSR count). The van der Waals surface area contributed by atoms with Crippen molar-refractivity contribution in [3.05, 3.63) is 107 Å². The second-order valence-corrected chi connectivity index (χ2v) is 14.1. The number of likely N-dealkylation sites (tertiary alicyclic amines) is 2. The molecule has 6 aromatic rings. The minimum Gasteiger partial charge on any atom is -0.496 e. The topological polar surface area (TPSA) is 153 Å². The van der Waals surface area contributed by atoms with Gasteiger partial charge in [-0.1, -0.05) is 23.7 Å². The van der Waals surface area contributed by atoms with Gasteiger partial charge in [0.05, 0.1) is 62.9 Å². The number of amides is 2. The molecule has 2 aliphatic heterocycles. The van der Waals surface area contributed by atoms with E-state index in [2.05, 4.69) is 30.6 Å². The second kappa shape index (κ2) is 17.8.